The van der Waals surface area contributed by atoms with Crippen LogP contribution in [0.25, 0.3) is 11.0 Å². The number of nitrogens with zero attached hydrogens (tertiary/aromatic N) is 4. The first-order valence-electron chi connectivity index (χ1n) is 11.3. The fraction of sp³-hybridized carbons (Fsp3) is 0.458. The van der Waals surface area contributed by atoms with Crippen LogP contribution in [0.15, 0.2) is 24.3 Å². The smallest absolute Gasteiger partial charge is 0.419 e. The molecule has 194 valence electrons. The van der Waals surface area contributed by atoms with E-state index in [1.165, 1.54) is 27.2 Å². The van der Waals surface area contributed by atoms with Gasteiger partial charge in [-0.1, -0.05) is 12.1 Å². The maximum Gasteiger partial charge on any atom is 0.419 e. The Bertz CT molecular complexity index is 1260. The lowest BCUT2D eigenvalue weighted by Gasteiger charge is -2.35. The molecule has 1 aromatic carbocycles. The van der Waals surface area contributed by atoms with E-state index in [-0.39, 0.29) is 29.5 Å². The van der Waals surface area contributed by atoms with Crippen molar-refractivity contribution in [3.8, 4) is 5.88 Å². The van der Waals surface area contributed by atoms with Gasteiger partial charge in [0.25, 0.3) is 0 Å². The molecule has 0 saturated carbocycles. The number of fused-ring (bicyclic) bond motifs is 1. The van der Waals surface area contributed by atoms with Gasteiger partial charge in [-0.2, -0.15) is 18.2 Å². The second-order valence-corrected chi connectivity index (χ2v) is 8.60. The van der Waals surface area contributed by atoms with Crippen LogP contribution in [0.5, 0.6) is 5.88 Å². The van der Waals surface area contributed by atoms with E-state index in [2.05, 4.69) is 20.3 Å². The van der Waals surface area contributed by atoms with Crippen LogP contribution in [-0.2, 0) is 10.9 Å². The second-order valence-electron chi connectivity index (χ2n) is 8.60. The van der Waals surface area contributed by atoms with Crippen molar-refractivity contribution in [2.24, 2.45) is 0 Å². The maximum absolute atomic E-state index is 14.7. The number of piperidine rings is 1. The van der Waals surface area contributed by atoms with Crippen LogP contribution in [-0.4, -0.2) is 54.5 Å². The molecule has 3 heterocycles. The second kappa shape index (κ2) is 10.00. The molecule has 0 radical (unpaired) electrons. The zero-order chi connectivity index (χ0) is 26.2. The first kappa shape index (κ1) is 25.8. The predicted molar refractivity (Wildman–Crippen MR) is 125 cm³/mol. The lowest BCUT2D eigenvalue weighted by atomic mass is 10.0. The largest absolute Gasteiger partial charge is 0.479 e. The summed E-state index contributed by atoms with van der Waals surface area (Å²) in [5.41, 5.74) is -0.731. The van der Waals surface area contributed by atoms with Crippen LogP contribution in [0, 0.1) is 12.7 Å². The molecule has 36 heavy (non-hydrogen) atoms. The van der Waals surface area contributed by atoms with Crippen LogP contribution in [0.1, 0.15) is 36.3 Å². The highest BCUT2D eigenvalue weighted by molar-refractivity contribution is 5.90. The zero-order valence-electron chi connectivity index (χ0n) is 20.2. The highest BCUT2D eigenvalue weighted by atomic mass is 19.4. The molecule has 3 atom stereocenters. The van der Waals surface area contributed by atoms with Gasteiger partial charge >= 0.3 is 6.18 Å². The first-order chi connectivity index (χ1) is 17.0. The number of alkyl halides is 4. The Kier molecular flexibility index (Phi) is 7.17. The summed E-state index contributed by atoms with van der Waals surface area (Å²) in [5, 5.41) is 3.43. The Morgan fingerprint density at radius 2 is 1.92 bits per heavy atom. The number of aromatic nitrogens is 3. The average Bonchev–Trinajstić information content (AvgIpc) is 2.82. The number of hydrogen-bond acceptors (Lipinski definition) is 7. The van der Waals surface area contributed by atoms with Gasteiger partial charge in [0, 0.05) is 19.2 Å². The zero-order valence-corrected chi connectivity index (χ0v) is 20.2. The monoisotopic (exact) mass is 511 g/mol. The standard InChI is InChI=1S/C24H26F5N5O2/c1-12(14-6-5-7-16(20(14)26)24(27,28)29)30-21-15-10-18(34-9-8-19(35-3)17(25)11-34)23(36-4)33-22(15)32-13(2)31-21/h5-7,10,12,17,19H,8-9,11H2,1-4H3,(H,30,31,32,33)/t12-,17+,19-/m1/s1. The fourth-order valence-corrected chi connectivity index (χ4v) is 4.38. The molecular formula is C24H26F5N5O2. The minimum Gasteiger partial charge on any atom is -0.479 e. The summed E-state index contributed by atoms with van der Waals surface area (Å²) in [6, 6.07) is 3.96. The van der Waals surface area contributed by atoms with Gasteiger partial charge in [0.15, 0.2) is 5.65 Å². The van der Waals surface area contributed by atoms with Gasteiger partial charge in [0.05, 0.1) is 36.8 Å². The number of aryl methyl sites for hydroxylation is 1. The van der Waals surface area contributed by atoms with Gasteiger partial charge in [-0.3, -0.25) is 0 Å². The summed E-state index contributed by atoms with van der Waals surface area (Å²) in [6.07, 6.45) is -6.09. The third kappa shape index (κ3) is 4.99. The molecule has 3 aromatic rings. The SMILES string of the molecule is COc1nc2nc(C)nc(N[C@H](C)c3cccc(C(F)(F)F)c3F)c2cc1N1CC[C@@H](OC)[C@@H](F)C1. The molecule has 0 amide bonds. The van der Waals surface area contributed by atoms with E-state index in [0.29, 0.717) is 35.9 Å². The van der Waals surface area contributed by atoms with Gasteiger partial charge < -0.3 is 19.7 Å². The summed E-state index contributed by atoms with van der Waals surface area (Å²) in [4.78, 5) is 15.0. The number of benzene rings is 1. The number of rotatable bonds is 6. The molecule has 12 heteroatoms. The number of halogens is 5. The minimum absolute atomic E-state index is 0.0589. The number of pyridine rings is 1. The van der Waals surface area contributed by atoms with E-state index < -0.39 is 35.9 Å². The predicted octanol–water partition coefficient (Wildman–Crippen LogP) is 5.24. The molecule has 1 fully saturated rings. The highest BCUT2D eigenvalue weighted by Crippen LogP contribution is 2.37. The van der Waals surface area contributed by atoms with Crippen LogP contribution < -0.4 is 15.0 Å². The molecule has 0 bridgehead atoms. The molecule has 1 saturated heterocycles. The number of anilines is 2. The number of ether oxygens (including phenoxy) is 2. The summed E-state index contributed by atoms with van der Waals surface area (Å²) >= 11 is 0. The van der Waals surface area contributed by atoms with Crippen LogP contribution >= 0.6 is 0 Å². The molecule has 2 aromatic heterocycles. The quantitative estimate of drug-likeness (QED) is 0.454. The lowest BCUT2D eigenvalue weighted by molar-refractivity contribution is -0.140. The molecule has 0 aliphatic carbocycles. The maximum atomic E-state index is 14.7. The molecule has 1 N–H and O–H groups in total. The molecule has 0 spiro atoms. The van der Waals surface area contributed by atoms with Crippen molar-refractivity contribution >= 4 is 22.5 Å². The van der Waals surface area contributed by atoms with Gasteiger partial charge in [-0.25, -0.2) is 18.7 Å². The Morgan fingerprint density at radius 3 is 2.56 bits per heavy atom. The van der Waals surface area contributed by atoms with Crippen molar-refractivity contribution in [1.82, 2.24) is 15.0 Å². The molecule has 7 nitrogen and oxygen atoms in total. The molecule has 1 aliphatic heterocycles. The van der Waals surface area contributed by atoms with Crippen molar-refractivity contribution in [3.63, 3.8) is 0 Å². The molecule has 4 rings (SSSR count). The van der Waals surface area contributed by atoms with Gasteiger partial charge in [0.1, 0.15) is 29.3 Å². The summed E-state index contributed by atoms with van der Waals surface area (Å²) in [6.45, 7) is 3.71. The third-order valence-electron chi connectivity index (χ3n) is 6.22. The summed E-state index contributed by atoms with van der Waals surface area (Å²) in [7, 11) is 2.91. The van der Waals surface area contributed by atoms with Crippen LogP contribution in [0.3, 0.4) is 0 Å². The molecule has 0 unspecified atom stereocenters. The van der Waals surface area contributed by atoms with Crippen molar-refractivity contribution in [3.05, 3.63) is 47.0 Å². The van der Waals surface area contributed by atoms with E-state index >= 15 is 0 Å². The molecule has 1 aliphatic rings. The van der Waals surface area contributed by atoms with Crippen molar-refractivity contribution < 1.29 is 31.4 Å². The Hall–Kier alpha value is -3.28. The Morgan fingerprint density at radius 1 is 1.17 bits per heavy atom. The van der Waals surface area contributed by atoms with E-state index in [4.69, 9.17) is 9.47 Å². The van der Waals surface area contributed by atoms with E-state index in [1.807, 2.05) is 0 Å². The fourth-order valence-electron chi connectivity index (χ4n) is 4.38. The van der Waals surface area contributed by atoms with E-state index in [1.54, 1.807) is 17.9 Å². The number of nitrogens with one attached hydrogen (secondary N) is 1. The van der Waals surface area contributed by atoms with Gasteiger partial charge in [-0.15, -0.1) is 0 Å². The first-order valence-corrected chi connectivity index (χ1v) is 11.3. The Labute approximate surface area is 204 Å². The van der Waals surface area contributed by atoms with Crippen LogP contribution in [0.2, 0.25) is 0 Å². The average molecular weight is 511 g/mol. The number of hydrogen-bond donors (Lipinski definition) is 1. The van der Waals surface area contributed by atoms with E-state index in [0.717, 1.165) is 6.07 Å². The van der Waals surface area contributed by atoms with Crippen LogP contribution in [0.4, 0.5) is 33.5 Å². The normalized spacial score (nSPS) is 19.4. The molecular weight excluding hydrogens is 485 g/mol. The third-order valence-corrected chi connectivity index (χ3v) is 6.22. The van der Waals surface area contributed by atoms with Gasteiger partial charge in [0.2, 0.25) is 5.88 Å². The Balaban J connectivity index is 1.74. The highest BCUT2D eigenvalue weighted by Gasteiger charge is 2.35. The van der Waals surface area contributed by atoms with E-state index in [9.17, 15) is 22.0 Å². The summed E-state index contributed by atoms with van der Waals surface area (Å²) in [5.74, 6) is -0.516. The summed E-state index contributed by atoms with van der Waals surface area (Å²) < 4.78 is 79.6. The van der Waals surface area contributed by atoms with Crippen molar-refractivity contribution in [2.45, 2.75) is 44.8 Å². The van der Waals surface area contributed by atoms with Crippen molar-refractivity contribution in [1.29, 1.82) is 0 Å². The van der Waals surface area contributed by atoms with Gasteiger partial charge in [-0.05, 0) is 32.4 Å². The van der Waals surface area contributed by atoms with Crippen molar-refractivity contribution in [2.75, 3.05) is 37.5 Å². The topological polar surface area (TPSA) is 72.4 Å². The minimum atomic E-state index is -4.82. The number of methoxy groups -OCH3 is 2. The lowest BCUT2D eigenvalue weighted by Crippen LogP contribution is -2.45.